The second-order valence-electron chi connectivity index (χ2n) is 14.8. The Morgan fingerprint density at radius 1 is 1.05 bits per heavy atom. The lowest BCUT2D eigenvalue weighted by Gasteiger charge is -2.31. The summed E-state index contributed by atoms with van der Waals surface area (Å²) in [6.45, 7) is 3.71. The second-order valence-corrected chi connectivity index (χ2v) is 14.8. The van der Waals surface area contributed by atoms with Crippen molar-refractivity contribution in [3.8, 4) is 22.5 Å². The zero-order valence-electron chi connectivity index (χ0n) is 30.5. The zero-order valence-corrected chi connectivity index (χ0v) is 30.5. The van der Waals surface area contributed by atoms with E-state index in [1.165, 1.54) is 6.07 Å². The molecule has 4 heterocycles. The first-order valence-electron chi connectivity index (χ1n) is 18.8. The number of rotatable bonds is 8. The van der Waals surface area contributed by atoms with Gasteiger partial charge < -0.3 is 29.8 Å². The number of cyclic esters (lactones) is 1. The van der Waals surface area contributed by atoms with E-state index in [4.69, 9.17) is 14.5 Å². The van der Waals surface area contributed by atoms with Gasteiger partial charge in [0.25, 0.3) is 5.56 Å². The third kappa shape index (κ3) is 5.44. The van der Waals surface area contributed by atoms with Gasteiger partial charge in [-0.2, -0.15) is 0 Å². The van der Waals surface area contributed by atoms with Crippen LogP contribution >= 0.6 is 0 Å². The maximum atomic E-state index is 15.3. The van der Waals surface area contributed by atoms with E-state index in [1.807, 2.05) is 24.3 Å². The molecule has 280 valence electrons. The Hall–Kier alpha value is -5.88. The average molecular weight is 743 g/mol. The lowest BCUT2D eigenvalue weighted by Crippen LogP contribution is -2.44. The number of carbonyl (C=O) groups excluding carboxylic acids is 3. The minimum atomic E-state index is -1.98. The molecule has 0 unspecified atom stereocenters. The number of benzene rings is 3. The van der Waals surface area contributed by atoms with Gasteiger partial charge in [0.2, 0.25) is 5.91 Å². The highest BCUT2D eigenvalue weighted by Crippen LogP contribution is 2.47. The van der Waals surface area contributed by atoms with Gasteiger partial charge in [-0.05, 0) is 77.6 Å². The van der Waals surface area contributed by atoms with Gasteiger partial charge in [-0.25, -0.2) is 19.0 Å². The molecule has 0 bridgehead atoms. The number of alkyl carbamates (subject to hydrolysis) is 1. The quantitative estimate of drug-likeness (QED) is 0.128. The molecule has 9 rings (SSSR count). The number of nitrogens with zero attached hydrogens (tertiary/aromatic N) is 2. The van der Waals surface area contributed by atoms with Crippen LogP contribution < -0.4 is 16.2 Å². The molecule has 5 aromatic rings. The summed E-state index contributed by atoms with van der Waals surface area (Å²) in [6, 6.07) is 18.8. The summed E-state index contributed by atoms with van der Waals surface area (Å²) in [4.78, 5) is 57.6. The Labute approximate surface area is 315 Å². The highest BCUT2D eigenvalue weighted by atomic mass is 19.1. The fourth-order valence-electron chi connectivity index (χ4n) is 9.05. The van der Waals surface area contributed by atoms with E-state index in [-0.39, 0.29) is 62.1 Å². The summed E-state index contributed by atoms with van der Waals surface area (Å²) >= 11 is 0. The minimum absolute atomic E-state index is 0.00808. The van der Waals surface area contributed by atoms with Crippen molar-refractivity contribution in [3.63, 3.8) is 0 Å². The van der Waals surface area contributed by atoms with E-state index in [0.717, 1.165) is 44.3 Å². The summed E-state index contributed by atoms with van der Waals surface area (Å²) in [5.41, 5.74) is 6.68. The van der Waals surface area contributed by atoms with Crippen molar-refractivity contribution in [2.24, 2.45) is 0 Å². The van der Waals surface area contributed by atoms with Crippen LogP contribution in [0.25, 0.3) is 33.4 Å². The summed E-state index contributed by atoms with van der Waals surface area (Å²) in [5, 5.41) is 18.0. The van der Waals surface area contributed by atoms with Crippen LogP contribution in [0, 0.1) is 12.7 Å². The molecule has 2 atom stereocenters. The van der Waals surface area contributed by atoms with Crippen LogP contribution in [0.2, 0.25) is 0 Å². The van der Waals surface area contributed by atoms with Gasteiger partial charge in [0, 0.05) is 41.5 Å². The van der Waals surface area contributed by atoms with Crippen LogP contribution in [0.4, 0.5) is 9.18 Å². The monoisotopic (exact) mass is 742 g/mol. The molecule has 11 nitrogen and oxygen atoms in total. The van der Waals surface area contributed by atoms with E-state index >= 15 is 4.39 Å². The number of aromatic nitrogens is 2. The number of nitrogens with one attached hydrogen (secondary N) is 2. The Kier molecular flexibility index (Phi) is 8.34. The van der Waals surface area contributed by atoms with Crippen molar-refractivity contribution in [3.05, 3.63) is 121 Å². The number of hydrogen-bond donors (Lipinski definition) is 3. The predicted molar refractivity (Wildman–Crippen MR) is 201 cm³/mol. The van der Waals surface area contributed by atoms with Crippen molar-refractivity contribution in [1.82, 2.24) is 20.2 Å². The number of halogens is 1. The van der Waals surface area contributed by atoms with Crippen LogP contribution in [0.3, 0.4) is 0 Å². The van der Waals surface area contributed by atoms with Gasteiger partial charge >= 0.3 is 12.1 Å². The first-order valence-corrected chi connectivity index (χ1v) is 18.8. The molecule has 3 N–H and O–H groups in total. The lowest BCUT2D eigenvalue weighted by molar-refractivity contribution is -0.172. The Morgan fingerprint density at radius 3 is 2.51 bits per heavy atom. The molecule has 0 fully saturated rings. The second kappa shape index (κ2) is 13.2. The van der Waals surface area contributed by atoms with Crippen molar-refractivity contribution >= 4 is 28.9 Å². The van der Waals surface area contributed by atoms with Crippen LogP contribution in [0.5, 0.6) is 0 Å². The first-order chi connectivity index (χ1) is 26.6. The molecular weight excluding hydrogens is 703 g/mol. The zero-order chi connectivity index (χ0) is 38.2. The largest absolute Gasteiger partial charge is 0.458 e. The van der Waals surface area contributed by atoms with Gasteiger partial charge in [0.15, 0.2) is 5.60 Å². The normalized spacial score (nSPS) is 18.8. The molecule has 0 radical (unpaired) electrons. The topological polar surface area (TPSA) is 149 Å². The van der Waals surface area contributed by atoms with Crippen LogP contribution in [0.1, 0.15) is 89.1 Å². The van der Waals surface area contributed by atoms with E-state index in [2.05, 4.69) is 34.9 Å². The van der Waals surface area contributed by atoms with Crippen molar-refractivity contribution in [2.45, 2.75) is 76.7 Å². The molecule has 2 aliphatic heterocycles. The summed E-state index contributed by atoms with van der Waals surface area (Å²) in [7, 11) is 0. The molecule has 2 amide bonds. The number of aliphatic hydroxyl groups is 1. The fraction of sp³-hybridized carbons (Fsp3) is 0.326. The summed E-state index contributed by atoms with van der Waals surface area (Å²) in [5.74, 6) is -1.48. The first kappa shape index (κ1) is 34.9. The number of carbonyl (C=O) groups is 3. The van der Waals surface area contributed by atoms with Crippen molar-refractivity contribution in [2.75, 3.05) is 13.2 Å². The van der Waals surface area contributed by atoms with Gasteiger partial charge in [0.05, 0.1) is 35.1 Å². The van der Waals surface area contributed by atoms with Crippen molar-refractivity contribution < 1.29 is 33.4 Å². The van der Waals surface area contributed by atoms with E-state index in [0.29, 0.717) is 41.7 Å². The number of esters is 1. The van der Waals surface area contributed by atoms with Gasteiger partial charge in [0.1, 0.15) is 19.0 Å². The van der Waals surface area contributed by atoms with Gasteiger partial charge in [-0.1, -0.05) is 55.5 Å². The molecule has 2 aromatic heterocycles. The molecule has 4 aliphatic rings. The molecule has 2 aliphatic carbocycles. The number of amides is 2. The standard InChI is InChI=1S/C43H39FN4O7/c1-3-43(53)31-17-35-39-28(19-48(35)40(50)30(31)21-54-41(43)51)38-33(15-14-23-22(2)32(44)18-34(47-39)37(23)38)46-36(49)13-8-16-45-42(52)55-20-29-26-11-6-4-9-24(26)25-10-5-7-12-27(25)29/h4-7,9-12,17-18,29,33,53H,3,8,13-16,19-21H2,1-2H3,(H,45,52)(H,46,49)/t33-,43-/m0/s1. The van der Waals surface area contributed by atoms with Crippen molar-refractivity contribution in [1.29, 1.82) is 0 Å². The number of hydrogen-bond acceptors (Lipinski definition) is 8. The molecule has 0 saturated carbocycles. The molecule has 12 heteroatoms. The van der Waals surface area contributed by atoms with E-state index in [1.54, 1.807) is 24.5 Å². The average Bonchev–Trinajstić information content (AvgIpc) is 3.72. The number of aryl methyl sites for hydroxylation is 1. The smallest absolute Gasteiger partial charge is 0.407 e. The van der Waals surface area contributed by atoms with E-state index < -0.39 is 35.1 Å². The highest BCUT2D eigenvalue weighted by molar-refractivity contribution is 5.94. The Balaban J connectivity index is 0.915. The Morgan fingerprint density at radius 2 is 1.78 bits per heavy atom. The minimum Gasteiger partial charge on any atom is -0.458 e. The maximum absolute atomic E-state index is 15.3. The molecular formula is C43H39FN4O7. The van der Waals surface area contributed by atoms with Gasteiger partial charge in [-0.3, -0.25) is 9.59 Å². The number of fused-ring (bicyclic) bond motifs is 8. The third-order valence-corrected chi connectivity index (χ3v) is 11.9. The van der Waals surface area contributed by atoms with E-state index in [9.17, 15) is 24.3 Å². The molecule has 3 aromatic carbocycles. The molecule has 55 heavy (non-hydrogen) atoms. The van der Waals surface area contributed by atoms with Crippen LogP contribution in [0.15, 0.2) is 65.5 Å². The lowest BCUT2D eigenvalue weighted by atomic mass is 9.81. The third-order valence-electron chi connectivity index (χ3n) is 11.9. The van der Waals surface area contributed by atoms with Crippen LogP contribution in [-0.4, -0.2) is 45.8 Å². The fourth-order valence-corrected chi connectivity index (χ4v) is 9.05. The SMILES string of the molecule is CC[C@@]1(O)C(=O)OCc2c1cc1n(c2=O)Cc2c-1nc1cc(F)c(C)c3c1c2[C@@H](NC(=O)CCCNC(=O)OCC1c2ccccc2-c2ccccc21)CC3. The summed E-state index contributed by atoms with van der Waals surface area (Å²) in [6.07, 6.45) is 1.00. The van der Waals surface area contributed by atoms with Crippen LogP contribution in [-0.2, 0) is 44.2 Å². The molecule has 0 saturated heterocycles. The predicted octanol–water partition coefficient (Wildman–Crippen LogP) is 5.95. The number of ether oxygens (including phenoxy) is 2. The Bertz CT molecular complexity index is 2500. The van der Waals surface area contributed by atoms with Gasteiger partial charge in [-0.15, -0.1) is 0 Å². The molecule has 0 spiro atoms. The maximum Gasteiger partial charge on any atom is 0.407 e. The summed E-state index contributed by atoms with van der Waals surface area (Å²) < 4.78 is 27.7. The highest BCUT2D eigenvalue weighted by Gasteiger charge is 2.46. The number of pyridine rings is 2.